The highest BCUT2D eigenvalue weighted by molar-refractivity contribution is 5.95. The van der Waals surface area contributed by atoms with Crippen molar-refractivity contribution in [2.75, 3.05) is 25.0 Å². The van der Waals surface area contributed by atoms with Crippen LogP contribution in [0.1, 0.15) is 32.6 Å². The standard InChI is InChI=1S/C18H24N2O2/c1-3-11-20-12-6-5-10-17(20)18(21)19-15-8-7-9-16(14-15)22-13-4-2/h1,7-9,14,17H,4-6,10-13H2,2H3,(H,19,21). The molecular weight excluding hydrogens is 276 g/mol. The van der Waals surface area contributed by atoms with Crippen molar-refractivity contribution in [1.82, 2.24) is 4.90 Å². The maximum Gasteiger partial charge on any atom is 0.241 e. The van der Waals surface area contributed by atoms with Gasteiger partial charge in [-0.1, -0.05) is 25.3 Å². The molecule has 1 atom stereocenters. The van der Waals surface area contributed by atoms with Crippen LogP contribution in [0.5, 0.6) is 5.75 Å². The minimum absolute atomic E-state index is 0.0163. The number of anilines is 1. The van der Waals surface area contributed by atoms with Crippen molar-refractivity contribution in [3.63, 3.8) is 0 Å². The number of hydrogen-bond acceptors (Lipinski definition) is 3. The lowest BCUT2D eigenvalue weighted by Gasteiger charge is -2.33. The lowest BCUT2D eigenvalue weighted by atomic mass is 10.0. The molecule has 1 heterocycles. The van der Waals surface area contributed by atoms with Gasteiger partial charge in [-0.25, -0.2) is 0 Å². The third-order valence-corrected chi connectivity index (χ3v) is 3.79. The van der Waals surface area contributed by atoms with E-state index in [0.29, 0.717) is 13.2 Å². The van der Waals surface area contributed by atoms with Crippen molar-refractivity contribution >= 4 is 11.6 Å². The van der Waals surface area contributed by atoms with Gasteiger partial charge in [-0.15, -0.1) is 6.42 Å². The van der Waals surface area contributed by atoms with Crippen LogP contribution in [0.15, 0.2) is 24.3 Å². The van der Waals surface area contributed by atoms with Crippen LogP contribution in [0, 0.1) is 12.3 Å². The molecule has 0 spiro atoms. The summed E-state index contributed by atoms with van der Waals surface area (Å²) in [6, 6.07) is 7.40. The van der Waals surface area contributed by atoms with Gasteiger partial charge in [0.25, 0.3) is 0 Å². The van der Waals surface area contributed by atoms with E-state index in [1.54, 1.807) is 0 Å². The number of carbonyl (C=O) groups is 1. The molecule has 1 N–H and O–H groups in total. The number of likely N-dealkylation sites (tertiary alicyclic amines) is 1. The van der Waals surface area contributed by atoms with Gasteiger partial charge >= 0.3 is 0 Å². The first-order chi connectivity index (χ1) is 10.7. The van der Waals surface area contributed by atoms with E-state index in [1.807, 2.05) is 24.3 Å². The van der Waals surface area contributed by atoms with Crippen molar-refractivity contribution in [3.05, 3.63) is 24.3 Å². The second kappa shape index (κ2) is 8.45. The molecule has 1 saturated heterocycles. The van der Waals surface area contributed by atoms with Crippen LogP contribution >= 0.6 is 0 Å². The van der Waals surface area contributed by atoms with Crippen LogP contribution in [-0.2, 0) is 4.79 Å². The highest BCUT2D eigenvalue weighted by Gasteiger charge is 2.28. The lowest BCUT2D eigenvalue weighted by molar-refractivity contribution is -0.122. The normalized spacial score (nSPS) is 18.5. The Morgan fingerprint density at radius 2 is 2.36 bits per heavy atom. The third-order valence-electron chi connectivity index (χ3n) is 3.79. The molecule has 1 unspecified atom stereocenters. The van der Waals surface area contributed by atoms with Crippen LogP contribution in [0.2, 0.25) is 0 Å². The minimum Gasteiger partial charge on any atom is -0.494 e. The fourth-order valence-electron chi connectivity index (χ4n) is 2.70. The number of terminal acetylenes is 1. The van der Waals surface area contributed by atoms with Crippen molar-refractivity contribution in [1.29, 1.82) is 0 Å². The Balaban J connectivity index is 1.99. The molecule has 118 valence electrons. The van der Waals surface area contributed by atoms with Gasteiger partial charge in [-0.3, -0.25) is 9.69 Å². The molecule has 4 heteroatoms. The predicted molar refractivity (Wildman–Crippen MR) is 88.9 cm³/mol. The first-order valence-electron chi connectivity index (χ1n) is 7.96. The summed E-state index contributed by atoms with van der Waals surface area (Å²) in [5.74, 6) is 3.44. The summed E-state index contributed by atoms with van der Waals surface area (Å²) in [5.41, 5.74) is 0.768. The fraction of sp³-hybridized carbons (Fsp3) is 0.500. The SMILES string of the molecule is C#CCN1CCCCC1C(=O)Nc1cccc(OCCC)c1. The zero-order valence-corrected chi connectivity index (χ0v) is 13.2. The average molecular weight is 300 g/mol. The summed E-state index contributed by atoms with van der Waals surface area (Å²) in [5, 5.41) is 2.99. The summed E-state index contributed by atoms with van der Waals surface area (Å²) in [6.07, 6.45) is 9.39. The Morgan fingerprint density at radius 3 is 3.14 bits per heavy atom. The number of piperidine rings is 1. The second-order valence-corrected chi connectivity index (χ2v) is 5.55. The van der Waals surface area contributed by atoms with Crippen LogP contribution < -0.4 is 10.1 Å². The van der Waals surface area contributed by atoms with E-state index in [1.165, 1.54) is 0 Å². The molecule has 1 aromatic carbocycles. The zero-order chi connectivity index (χ0) is 15.8. The number of carbonyl (C=O) groups excluding carboxylic acids is 1. The summed E-state index contributed by atoms with van der Waals surface area (Å²) in [7, 11) is 0. The van der Waals surface area contributed by atoms with Gasteiger partial charge in [0.2, 0.25) is 5.91 Å². The van der Waals surface area contributed by atoms with Gasteiger partial charge in [0.1, 0.15) is 5.75 Å². The Bertz CT molecular complexity index is 536. The third kappa shape index (κ3) is 4.51. The van der Waals surface area contributed by atoms with E-state index in [4.69, 9.17) is 11.2 Å². The maximum absolute atomic E-state index is 12.5. The molecule has 1 aliphatic heterocycles. The zero-order valence-electron chi connectivity index (χ0n) is 13.2. The van der Waals surface area contributed by atoms with Crippen LogP contribution in [-0.4, -0.2) is 36.5 Å². The molecule has 1 amide bonds. The minimum atomic E-state index is -0.134. The number of amides is 1. The molecule has 0 bridgehead atoms. The van der Waals surface area contributed by atoms with Crippen molar-refractivity contribution in [3.8, 4) is 18.1 Å². The van der Waals surface area contributed by atoms with Crippen molar-refractivity contribution in [2.24, 2.45) is 0 Å². The fourth-order valence-corrected chi connectivity index (χ4v) is 2.70. The van der Waals surface area contributed by atoms with Gasteiger partial charge in [0, 0.05) is 11.8 Å². The molecule has 1 aromatic rings. The summed E-state index contributed by atoms with van der Waals surface area (Å²) in [6.45, 7) is 4.16. The average Bonchev–Trinajstić information content (AvgIpc) is 2.54. The van der Waals surface area contributed by atoms with E-state index in [2.05, 4.69) is 23.1 Å². The highest BCUT2D eigenvalue weighted by atomic mass is 16.5. The van der Waals surface area contributed by atoms with Crippen LogP contribution in [0.3, 0.4) is 0 Å². The van der Waals surface area contributed by atoms with Crippen LogP contribution in [0.4, 0.5) is 5.69 Å². The molecule has 1 aliphatic rings. The summed E-state index contributed by atoms with van der Waals surface area (Å²) in [4.78, 5) is 14.6. The largest absolute Gasteiger partial charge is 0.494 e. The van der Waals surface area contributed by atoms with Gasteiger partial charge in [-0.2, -0.15) is 0 Å². The number of ether oxygens (including phenoxy) is 1. The first-order valence-corrected chi connectivity index (χ1v) is 7.96. The predicted octanol–water partition coefficient (Wildman–Crippen LogP) is 2.90. The lowest BCUT2D eigenvalue weighted by Crippen LogP contribution is -2.47. The van der Waals surface area contributed by atoms with Crippen molar-refractivity contribution < 1.29 is 9.53 Å². The van der Waals surface area contributed by atoms with Gasteiger partial charge in [0.05, 0.1) is 19.2 Å². The van der Waals surface area contributed by atoms with E-state index < -0.39 is 0 Å². The monoisotopic (exact) mass is 300 g/mol. The Labute approximate surface area is 132 Å². The number of rotatable bonds is 6. The summed E-state index contributed by atoms with van der Waals surface area (Å²) < 4.78 is 5.59. The Hall–Kier alpha value is -1.99. The quantitative estimate of drug-likeness (QED) is 0.821. The number of benzene rings is 1. The van der Waals surface area contributed by atoms with E-state index in [-0.39, 0.29) is 11.9 Å². The number of nitrogens with one attached hydrogen (secondary N) is 1. The van der Waals surface area contributed by atoms with E-state index in [9.17, 15) is 4.79 Å². The van der Waals surface area contributed by atoms with Gasteiger partial charge in [-0.05, 0) is 37.9 Å². The molecule has 2 rings (SSSR count). The van der Waals surface area contributed by atoms with E-state index in [0.717, 1.165) is 43.7 Å². The summed E-state index contributed by atoms with van der Waals surface area (Å²) >= 11 is 0. The van der Waals surface area contributed by atoms with Crippen LogP contribution in [0.25, 0.3) is 0 Å². The molecular formula is C18H24N2O2. The molecule has 22 heavy (non-hydrogen) atoms. The number of hydrogen-bond donors (Lipinski definition) is 1. The maximum atomic E-state index is 12.5. The molecule has 1 fully saturated rings. The molecule has 0 radical (unpaired) electrons. The van der Waals surface area contributed by atoms with Gasteiger partial charge < -0.3 is 10.1 Å². The topological polar surface area (TPSA) is 41.6 Å². The number of nitrogens with zero attached hydrogens (tertiary/aromatic N) is 1. The molecule has 0 saturated carbocycles. The first kappa shape index (κ1) is 16.4. The van der Waals surface area contributed by atoms with Gasteiger partial charge in [0.15, 0.2) is 0 Å². The Kier molecular flexibility index (Phi) is 6.29. The highest BCUT2D eigenvalue weighted by Crippen LogP contribution is 2.21. The smallest absolute Gasteiger partial charge is 0.241 e. The molecule has 0 aromatic heterocycles. The van der Waals surface area contributed by atoms with Crippen molar-refractivity contribution in [2.45, 2.75) is 38.6 Å². The van der Waals surface area contributed by atoms with E-state index >= 15 is 0 Å². The molecule has 0 aliphatic carbocycles. The Morgan fingerprint density at radius 1 is 1.50 bits per heavy atom. The molecule has 4 nitrogen and oxygen atoms in total. The second-order valence-electron chi connectivity index (χ2n) is 5.55.